The molecule has 2 aliphatic rings. The number of hydrogen-bond donors (Lipinski definition) is 0. The van der Waals surface area contributed by atoms with Crippen LogP contribution in [0.2, 0.25) is 0 Å². The van der Waals surface area contributed by atoms with Crippen LogP contribution in [0.4, 0.5) is 13.2 Å². The van der Waals surface area contributed by atoms with Crippen LogP contribution < -0.4 is 0 Å². The Hall–Kier alpha value is -2.44. The lowest BCUT2D eigenvalue weighted by Gasteiger charge is -2.46. The van der Waals surface area contributed by atoms with E-state index in [9.17, 15) is 34.8 Å². The standard InChI is InChI=1S/C24H27F3N2O5S2/c1-23(12-14-28(15-13-23)22(30)20-8-3-4-9-21(20)35(2,31)32)29(18-10-11-18)36(33,34)19-7-5-6-17(16-19)24(25,26)27/h3-9,16,18H,10-15H2,1-2H3. The molecule has 1 saturated heterocycles. The molecule has 0 unspecified atom stereocenters. The van der Waals surface area contributed by atoms with Gasteiger partial charge in [0, 0.05) is 30.9 Å². The largest absolute Gasteiger partial charge is 0.416 e. The minimum atomic E-state index is -4.67. The second-order valence-corrected chi connectivity index (χ2v) is 13.4. The molecule has 0 radical (unpaired) electrons. The predicted octanol–water partition coefficient (Wildman–Crippen LogP) is 3.96. The predicted molar refractivity (Wildman–Crippen MR) is 127 cm³/mol. The second kappa shape index (κ2) is 9.14. The topological polar surface area (TPSA) is 91.8 Å². The summed E-state index contributed by atoms with van der Waals surface area (Å²) in [7, 11) is -7.88. The summed E-state index contributed by atoms with van der Waals surface area (Å²) in [5.41, 5.74) is -1.89. The third-order valence-electron chi connectivity index (χ3n) is 6.77. The molecular formula is C24H27F3N2O5S2. The van der Waals surface area contributed by atoms with E-state index < -0.39 is 47.9 Å². The molecule has 0 atom stereocenters. The van der Waals surface area contributed by atoms with Gasteiger partial charge in [0.05, 0.1) is 20.9 Å². The van der Waals surface area contributed by atoms with Gasteiger partial charge in [0.15, 0.2) is 9.84 Å². The molecule has 1 amide bonds. The number of carbonyl (C=O) groups is 1. The van der Waals surface area contributed by atoms with E-state index in [1.807, 2.05) is 0 Å². The fraction of sp³-hybridized carbons (Fsp3) is 0.458. The van der Waals surface area contributed by atoms with Gasteiger partial charge in [-0.2, -0.15) is 17.5 Å². The fourth-order valence-corrected chi connectivity index (χ4v) is 7.73. The number of amides is 1. The number of rotatable bonds is 6. The van der Waals surface area contributed by atoms with E-state index in [0.717, 1.165) is 18.4 Å². The quantitative estimate of drug-likeness (QED) is 0.549. The van der Waals surface area contributed by atoms with E-state index in [-0.39, 0.29) is 42.4 Å². The highest BCUT2D eigenvalue weighted by Crippen LogP contribution is 2.43. The zero-order chi connectivity index (χ0) is 26.5. The van der Waals surface area contributed by atoms with Gasteiger partial charge in [0.25, 0.3) is 5.91 Å². The van der Waals surface area contributed by atoms with Gasteiger partial charge in [0.1, 0.15) is 0 Å². The third-order valence-corrected chi connectivity index (χ3v) is 10.0. The van der Waals surface area contributed by atoms with Gasteiger partial charge in [-0.25, -0.2) is 16.8 Å². The molecule has 2 aromatic rings. The van der Waals surface area contributed by atoms with Gasteiger partial charge in [-0.15, -0.1) is 0 Å². The van der Waals surface area contributed by atoms with Crippen LogP contribution >= 0.6 is 0 Å². The average molecular weight is 545 g/mol. The molecule has 7 nitrogen and oxygen atoms in total. The minimum Gasteiger partial charge on any atom is -0.338 e. The molecule has 0 spiro atoms. The summed E-state index contributed by atoms with van der Waals surface area (Å²) >= 11 is 0. The summed E-state index contributed by atoms with van der Waals surface area (Å²) in [4.78, 5) is 14.2. The van der Waals surface area contributed by atoms with E-state index in [1.165, 1.54) is 33.5 Å². The Morgan fingerprint density at radius 3 is 2.17 bits per heavy atom. The first-order valence-corrected chi connectivity index (χ1v) is 14.8. The summed E-state index contributed by atoms with van der Waals surface area (Å²) in [6.07, 6.45) is -1.91. The molecule has 0 aromatic heterocycles. The summed E-state index contributed by atoms with van der Waals surface area (Å²) in [5, 5.41) is 0. The summed E-state index contributed by atoms with van der Waals surface area (Å²) < 4.78 is 92.5. The maximum Gasteiger partial charge on any atom is 0.416 e. The summed E-state index contributed by atoms with van der Waals surface area (Å²) in [5.74, 6) is -0.461. The molecule has 4 rings (SSSR count). The normalized spacial score (nSPS) is 18.9. The number of hydrogen-bond acceptors (Lipinski definition) is 5. The van der Waals surface area contributed by atoms with Crippen LogP contribution in [0.25, 0.3) is 0 Å². The van der Waals surface area contributed by atoms with Crippen LogP contribution in [0.5, 0.6) is 0 Å². The monoisotopic (exact) mass is 544 g/mol. The van der Waals surface area contributed by atoms with E-state index in [2.05, 4.69) is 0 Å². The summed E-state index contributed by atoms with van der Waals surface area (Å²) in [6, 6.07) is 9.36. The zero-order valence-electron chi connectivity index (χ0n) is 19.8. The number of halogens is 3. The molecule has 0 bridgehead atoms. The molecule has 1 heterocycles. The van der Waals surface area contributed by atoms with E-state index in [1.54, 1.807) is 13.0 Å². The number of sulfonamides is 1. The number of benzene rings is 2. The molecule has 1 aliphatic carbocycles. The Morgan fingerprint density at radius 2 is 1.61 bits per heavy atom. The number of nitrogens with zero attached hydrogens (tertiary/aromatic N) is 2. The molecule has 36 heavy (non-hydrogen) atoms. The van der Waals surface area contributed by atoms with E-state index in [0.29, 0.717) is 18.9 Å². The lowest BCUT2D eigenvalue weighted by Crippen LogP contribution is -2.57. The van der Waals surface area contributed by atoms with Gasteiger partial charge in [0.2, 0.25) is 10.0 Å². The number of likely N-dealkylation sites (tertiary alicyclic amines) is 1. The van der Waals surface area contributed by atoms with Crippen LogP contribution in [0, 0.1) is 0 Å². The molecule has 0 N–H and O–H groups in total. The van der Waals surface area contributed by atoms with E-state index >= 15 is 0 Å². The first-order chi connectivity index (χ1) is 16.6. The van der Waals surface area contributed by atoms with Crippen molar-refractivity contribution in [2.75, 3.05) is 19.3 Å². The van der Waals surface area contributed by atoms with Crippen LogP contribution in [0.3, 0.4) is 0 Å². The highest BCUT2D eigenvalue weighted by molar-refractivity contribution is 7.90. The van der Waals surface area contributed by atoms with E-state index in [4.69, 9.17) is 0 Å². The lowest BCUT2D eigenvalue weighted by atomic mass is 9.89. The molecule has 12 heteroatoms. The van der Waals surface area contributed by atoms with Crippen molar-refractivity contribution in [1.29, 1.82) is 0 Å². The number of carbonyl (C=O) groups excluding carboxylic acids is 1. The Kier molecular flexibility index (Phi) is 6.76. The number of sulfone groups is 1. The zero-order valence-corrected chi connectivity index (χ0v) is 21.5. The SMILES string of the molecule is CC1(N(C2CC2)S(=O)(=O)c2cccc(C(F)(F)F)c2)CCN(C(=O)c2ccccc2S(C)(=O)=O)CC1. The molecule has 2 aromatic carbocycles. The number of alkyl halides is 3. The Morgan fingerprint density at radius 1 is 1.00 bits per heavy atom. The van der Waals surface area contributed by atoms with Gasteiger partial charge in [-0.3, -0.25) is 4.79 Å². The smallest absolute Gasteiger partial charge is 0.338 e. The van der Waals surface area contributed by atoms with Crippen molar-refractivity contribution in [3.63, 3.8) is 0 Å². The van der Waals surface area contributed by atoms with Crippen molar-refractivity contribution >= 4 is 25.8 Å². The lowest BCUT2D eigenvalue weighted by molar-refractivity contribution is -0.137. The van der Waals surface area contributed by atoms with Crippen molar-refractivity contribution in [3.05, 3.63) is 59.7 Å². The molecule has 1 aliphatic heterocycles. The Labute approximate surface area is 208 Å². The minimum absolute atomic E-state index is 0.0549. The van der Waals surface area contributed by atoms with Crippen LogP contribution in [0.1, 0.15) is 48.5 Å². The van der Waals surface area contributed by atoms with Crippen molar-refractivity contribution in [1.82, 2.24) is 9.21 Å². The van der Waals surface area contributed by atoms with Crippen molar-refractivity contribution in [2.45, 2.75) is 60.2 Å². The second-order valence-electron chi connectivity index (χ2n) is 9.62. The molecule has 196 valence electrons. The Bertz CT molecular complexity index is 1380. The maximum atomic E-state index is 13.6. The first-order valence-electron chi connectivity index (χ1n) is 11.4. The van der Waals surface area contributed by atoms with Crippen LogP contribution in [-0.4, -0.2) is 62.9 Å². The van der Waals surface area contributed by atoms with Crippen LogP contribution in [0.15, 0.2) is 58.3 Å². The molecule has 1 saturated carbocycles. The van der Waals surface area contributed by atoms with Crippen molar-refractivity contribution in [3.8, 4) is 0 Å². The fourth-order valence-electron chi connectivity index (χ4n) is 4.73. The van der Waals surface area contributed by atoms with Crippen molar-refractivity contribution < 1.29 is 34.8 Å². The van der Waals surface area contributed by atoms with Gasteiger partial charge in [-0.05, 0) is 62.9 Å². The highest BCUT2D eigenvalue weighted by Gasteiger charge is 2.50. The number of piperidine rings is 1. The maximum absolute atomic E-state index is 13.6. The third kappa shape index (κ3) is 5.16. The highest BCUT2D eigenvalue weighted by atomic mass is 32.2. The average Bonchev–Trinajstić information content (AvgIpc) is 3.62. The van der Waals surface area contributed by atoms with Crippen molar-refractivity contribution in [2.24, 2.45) is 0 Å². The van der Waals surface area contributed by atoms with Gasteiger partial charge in [-0.1, -0.05) is 18.2 Å². The van der Waals surface area contributed by atoms with Gasteiger partial charge >= 0.3 is 6.18 Å². The van der Waals surface area contributed by atoms with Gasteiger partial charge < -0.3 is 4.90 Å². The molecular weight excluding hydrogens is 517 g/mol. The summed E-state index contributed by atoms with van der Waals surface area (Å²) in [6.45, 7) is 2.10. The van der Waals surface area contributed by atoms with Crippen LogP contribution in [-0.2, 0) is 26.0 Å². The molecule has 2 fully saturated rings. The Balaban J connectivity index is 1.59. The first kappa shape index (κ1) is 26.6.